The molecule has 0 aliphatic heterocycles. The molecule has 90 valence electrons. The molecule has 1 saturated carbocycles. The monoisotopic (exact) mass is 213 g/mol. The Balaban J connectivity index is 2.60. The molecule has 1 rings (SSSR count). The maximum atomic E-state index is 5.43. The van der Waals surface area contributed by atoms with Crippen molar-refractivity contribution in [2.45, 2.75) is 39.0 Å². The van der Waals surface area contributed by atoms with E-state index in [-0.39, 0.29) is 0 Å². The van der Waals surface area contributed by atoms with Gasteiger partial charge in [-0.25, -0.2) is 0 Å². The van der Waals surface area contributed by atoms with Crippen molar-refractivity contribution < 1.29 is 4.74 Å². The fourth-order valence-corrected chi connectivity index (χ4v) is 3.14. The second kappa shape index (κ2) is 5.86. The highest BCUT2D eigenvalue weighted by Crippen LogP contribution is 2.39. The maximum Gasteiger partial charge on any atom is 0.0530 e. The SMILES string of the molecule is COCC(C)(CN(C)C)C1CCCCC1. The standard InChI is InChI=1S/C13H27NO/c1-13(11-15-4,10-14(2)3)12-8-6-5-7-9-12/h12H,5-11H2,1-4H3. The van der Waals surface area contributed by atoms with Gasteiger partial charge in [-0.05, 0) is 32.9 Å². The Morgan fingerprint density at radius 1 is 1.20 bits per heavy atom. The molecule has 0 heterocycles. The van der Waals surface area contributed by atoms with E-state index in [9.17, 15) is 0 Å². The summed E-state index contributed by atoms with van der Waals surface area (Å²) in [5, 5.41) is 0. The third-order valence-corrected chi connectivity index (χ3v) is 3.74. The van der Waals surface area contributed by atoms with E-state index in [2.05, 4.69) is 25.9 Å². The maximum absolute atomic E-state index is 5.43. The number of hydrogen-bond acceptors (Lipinski definition) is 2. The van der Waals surface area contributed by atoms with Gasteiger partial charge in [0, 0.05) is 19.1 Å². The number of ether oxygens (including phenoxy) is 1. The highest BCUT2D eigenvalue weighted by atomic mass is 16.5. The average molecular weight is 213 g/mol. The smallest absolute Gasteiger partial charge is 0.0530 e. The van der Waals surface area contributed by atoms with E-state index in [1.807, 2.05) is 7.11 Å². The van der Waals surface area contributed by atoms with Crippen LogP contribution in [0.3, 0.4) is 0 Å². The molecule has 0 spiro atoms. The number of rotatable bonds is 5. The second-order valence-corrected chi connectivity index (χ2v) is 5.66. The molecule has 2 nitrogen and oxygen atoms in total. The molecule has 0 amide bonds. The zero-order valence-corrected chi connectivity index (χ0v) is 10.9. The van der Waals surface area contributed by atoms with Gasteiger partial charge in [0.25, 0.3) is 0 Å². The summed E-state index contributed by atoms with van der Waals surface area (Å²) in [6, 6.07) is 0. The Bertz CT molecular complexity index is 175. The second-order valence-electron chi connectivity index (χ2n) is 5.66. The van der Waals surface area contributed by atoms with Gasteiger partial charge in [0.2, 0.25) is 0 Å². The summed E-state index contributed by atoms with van der Waals surface area (Å²) >= 11 is 0. The molecule has 0 aromatic rings. The third-order valence-electron chi connectivity index (χ3n) is 3.74. The lowest BCUT2D eigenvalue weighted by atomic mass is 9.70. The van der Waals surface area contributed by atoms with E-state index in [1.165, 1.54) is 32.1 Å². The molecule has 15 heavy (non-hydrogen) atoms. The van der Waals surface area contributed by atoms with Gasteiger partial charge in [-0.15, -0.1) is 0 Å². The van der Waals surface area contributed by atoms with Gasteiger partial charge in [-0.1, -0.05) is 26.2 Å². The molecule has 0 saturated heterocycles. The van der Waals surface area contributed by atoms with E-state index < -0.39 is 0 Å². The zero-order chi connectivity index (χ0) is 11.3. The lowest BCUT2D eigenvalue weighted by molar-refractivity contribution is 0.0108. The molecular weight excluding hydrogens is 186 g/mol. The van der Waals surface area contributed by atoms with Crippen LogP contribution in [-0.2, 0) is 4.74 Å². The predicted molar refractivity (Wildman–Crippen MR) is 65.1 cm³/mol. The molecule has 1 fully saturated rings. The molecule has 0 radical (unpaired) electrons. The van der Waals surface area contributed by atoms with Crippen molar-refractivity contribution >= 4 is 0 Å². The summed E-state index contributed by atoms with van der Waals surface area (Å²) in [6.07, 6.45) is 7.05. The van der Waals surface area contributed by atoms with Crippen molar-refractivity contribution in [3.8, 4) is 0 Å². The molecule has 0 aromatic carbocycles. The van der Waals surface area contributed by atoms with Crippen molar-refractivity contribution in [2.24, 2.45) is 11.3 Å². The Morgan fingerprint density at radius 3 is 2.27 bits per heavy atom. The zero-order valence-electron chi connectivity index (χ0n) is 10.9. The van der Waals surface area contributed by atoms with Crippen LogP contribution < -0.4 is 0 Å². The van der Waals surface area contributed by atoms with E-state index in [4.69, 9.17) is 4.74 Å². The van der Waals surface area contributed by atoms with Gasteiger partial charge in [0.15, 0.2) is 0 Å². The molecule has 0 aromatic heterocycles. The summed E-state index contributed by atoms with van der Waals surface area (Å²) in [7, 11) is 6.16. The molecule has 1 aliphatic rings. The minimum atomic E-state index is 0.346. The van der Waals surface area contributed by atoms with E-state index in [0.717, 1.165) is 19.1 Å². The van der Waals surface area contributed by atoms with Crippen molar-refractivity contribution in [1.29, 1.82) is 0 Å². The van der Waals surface area contributed by atoms with Crippen LogP contribution in [0.25, 0.3) is 0 Å². The van der Waals surface area contributed by atoms with Crippen LogP contribution in [0.4, 0.5) is 0 Å². The fourth-order valence-electron chi connectivity index (χ4n) is 3.14. The average Bonchev–Trinajstić information content (AvgIpc) is 2.18. The van der Waals surface area contributed by atoms with Crippen LogP contribution in [0.5, 0.6) is 0 Å². The topological polar surface area (TPSA) is 12.5 Å². The van der Waals surface area contributed by atoms with Gasteiger partial charge >= 0.3 is 0 Å². The minimum absolute atomic E-state index is 0.346. The normalized spacial score (nSPS) is 23.0. The number of hydrogen-bond donors (Lipinski definition) is 0. The molecule has 2 heteroatoms. The van der Waals surface area contributed by atoms with Crippen molar-refractivity contribution in [3.05, 3.63) is 0 Å². The van der Waals surface area contributed by atoms with Crippen LogP contribution in [-0.4, -0.2) is 39.3 Å². The van der Waals surface area contributed by atoms with Gasteiger partial charge in [-0.2, -0.15) is 0 Å². The first kappa shape index (κ1) is 13.0. The summed E-state index contributed by atoms with van der Waals surface area (Å²) in [6.45, 7) is 4.44. The molecule has 1 unspecified atom stereocenters. The Morgan fingerprint density at radius 2 is 1.80 bits per heavy atom. The first-order chi connectivity index (χ1) is 7.08. The molecule has 1 atom stereocenters. The minimum Gasteiger partial charge on any atom is -0.384 e. The summed E-state index contributed by atoms with van der Waals surface area (Å²) in [5.74, 6) is 0.855. The van der Waals surface area contributed by atoms with Crippen LogP contribution in [0.15, 0.2) is 0 Å². The summed E-state index contributed by atoms with van der Waals surface area (Å²) in [5.41, 5.74) is 0.346. The largest absolute Gasteiger partial charge is 0.384 e. The highest BCUT2D eigenvalue weighted by molar-refractivity contribution is 4.86. The molecule has 0 bridgehead atoms. The van der Waals surface area contributed by atoms with Gasteiger partial charge in [0.05, 0.1) is 6.61 Å². The first-order valence-electron chi connectivity index (χ1n) is 6.22. The van der Waals surface area contributed by atoms with Gasteiger partial charge in [-0.3, -0.25) is 0 Å². The van der Waals surface area contributed by atoms with Crippen molar-refractivity contribution in [3.63, 3.8) is 0 Å². The first-order valence-corrected chi connectivity index (χ1v) is 6.22. The Hall–Kier alpha value is -0.0800. The van der Waals surface area contributed by atoms with Crippen LogP contribution in [0.2, 0.25) is 0 Å². The molecular formula is C13H27NO. The van der Waals surface area contributed by atoms with Crippen LogP contribution >= 0.6 is 0 Å². The van der Waals surface area contributed by atoms with Crippen LogP contribution in [0.1, 0.15) is 39.0 Å². The Kier molecular flexibility index (Phi) is 5.07. The lowest BCUT2D eigenvalue weighted by Gasteiger charge is -2.41. The predicted octanol–water partition coefficient (Wildman–Crippen LogP) is 2.78. The van der Waals surface area contributed by atoms with E-state index >= 15 is 0 Å². The van der Waals surface area contributed by atoms with Gasteiger partial charge < -0.3 is 9.64 Å². The molecule has 1 aliphatic carbocycles. The number of nitrogens with zero attached hydrogens (tertiary/aromatic N) is 1. The highest BCUT2D eigenvalue weighted by Gasteiger charge is 2.35. The van der Waals surface area contributed by atoms with E-state index in [0.29, 0.717) is 5.41 Å². The lowest BCUT2D eigenvalue weighted by Crippen LogP contribution is -2.42. The molecule has 0 N–H and O–H groups in total. The summed E-state index contributed by atoms with van der Waals surface area (Å²) < 4.78 is 5.43. The van der Waals surface area contributed by atoms with Crippen molar-refractivity contribution in [1.82, 2.24) is 4.90 Å². The quantitative estimate of drug-likeness (QED) is 0.696. The fraction of sp³-hybridized carbons (Fsp3) is 1.00. The van der Waals surface area contributed by atoms with Gasteiger partial charge in [0.1, 0.15) is 0 Å². The van der Waals surface area contributed by atoms with Crippen molar-refractivity contribution in [2.75, 3.05) is 34.4 Å². The van der Waals surface area contributed by atoms with E-state index in [1.54, 1.807) is 0 Å². The number of methoxy groups -OCH3 is 1. The third kappa shape index (κ3) is 3.76. The Labute approximate surface area is 95.0 Å². The van der Waals surface area contributed by atoms with Crippen LogP contribution in [0, 0.1) is 11.3 Å². The summed E-state index contributed by atoms with van der Waals surface area (Å²) in [4.78, 5) is 2.30.